The molecule has 4 rings (SSSR count). The lowest BCUT2D eigenvalue weighted by Crippen LogP contribution is -2.47. The minimum absolute atomic E-state index is 0.293. The van der Waals surface area contributed by atoms with Gasteiger partial charge in [0.2, 0.25) is 0 Å². The zero-order valence-electron chi connectivity index (χ0n) is 13.3. The van der Waals surface area contributed by atoms with E-state index in [0.717, 1.165) is 27.6 Å². The summed E-state index contributed by atoms with van der Waals surface area (Å²) >= 11 is 6.04. The maximum absolute atomic E-state index is 6.39. The van der Waals surface area contributed by atoms with Gasteiger partial charge in [0, 0.05) is 29.0 Å². The molecule has 0 aliphatic heterocycles. The molecule has 0 saturated heterocycles. The average Bonchev–Trinajstić information content (AvgIpc) is 2.68. The van der Waals surface area contributed by atoms with E-state index < -0.39 is 0 Å². The molecule has 0 N–H and O–H groups in total. The van der Waals surface area contributed by atoms with Crippen molar-refractivity contribution < 1.29 is 4.65 Å². The number of pyridine rings is 2. The van der Waals surface area contributed by atoms with Crippen LogP contribution in [-0.2, 0) is 0 Å². The molecule has 25 heavy (non-hydrogen) atoms. The number of fused-ring (bicyclic) bond motifs is 1. The number of hydrogen-bond donors (Lipinski definition) is 0. The van der Waals surface area contributed by atoms with Crippen molar-refractivity contribution in [2.24, 2.45) is 0 Å². The highest BCUT2D eigenvalue weighted by Gasteiger charge is 2.24. The Morgan fingerprint density at radius 2 is 1.60 bits per heavy atom. The van der Waals surface area contributed by atoms with E-state index in [2.05, 4.69) is 9.97 Å². The molecule has 0 aliphatic carbocycles. The predicted octanol–water partition coefficient (Wildman–Crippen LogP) is 3.47. The van der Waals surface area contributed by atoms with Crippen molar-refractivity contribution >= 4 is 40.3 Å². The Bertz CT molecular complexity index is 988. The molecule has 5 heteroatoms. The Kier molecular flexibility index (Phi) is 4.36. The topological polar surface area (TPSA) is 35.0 Å². The van der Waals surface area contributed by atoms with Crippen LogP contribution in [0.1, 0.15) is 0 Å². The molecule has 0 unspecified atom stereocenters. The Balaban J connectivity index is 1.79. The van der Waals surface area contributed by atoms with Gasteiger partial charge in [-0.2, -0.15) is 0 Å². The van der Waals surface area contributed by atoms with Gasteiger partial charge in [0.15, 0.2) is 0 Å². The quantitative estimate of drug-likeness (QED) is 0.532. The molecule has 0 saturated carbocycles. The summed E-state index contributed by atoms with van der Waals surface area (Å²) in [6.07, 6.45) is 5.34. The maximum atomic E-state index is 6.39. The number of benzene rings is 2. The number of rotatable bonds is 4. The van der Waals surface area contributed by atoms with Crippen molar-refractivity contribution in [2.75, 3.05) is 0 Å². The molecule has 0 amide bonds. The van der Waals surface area contributed by atoms with Crippen LogP contribution < -0.4 is 15.6 Å². The second-order valence-corrected chi connectivity index (χ2v) is 6.10. The fraction of sp³-hybridized carbons (Fsp3) is 0. The molecule has 0 bridgehead atoms. The van der Waals surface area contributed by atoms with Crippen molar-refractivity contribution in [3.05, 3.63) is 90.3 Å². The first-order chi connectivity index (χ1) is 12.3. The van der Waals surface area contributed by atoms with Crippen LogP contribution in [0.5, 0.6) is 5.75 Å². The van der Waals surface area contributed by atoms with Gasteiger partial charge in [-0.15, -0.1) is 0 Å². The molecule has 3 nitrogen and oxygen atoms in total. The summed E-state index contributed by atoms with van der Waals surface area (Å²) < 4.78 is 6.39. The van der Waals surface area contributed by atoms with Gasteiger partial charge in [-0.05, 0) is 41.3 Å². The molecule has 0 aliphatic rings. The monoisotopic (exact) mass is 344 g/mol. The van der Waals surface area contributed by atoms with E-state index >= 15 is 0 Å². The molecule has 0 spiro atoms. The Morgan fingerprint density at radius 3 is 2.40 bits per heavy atom. The number of nitrogens with zero attached hydrogens (tertiary/aromatic N) is 2. The molecule has 2 aromatic heterocycles. The Morgan fingerprint density at radius 1 is 0.800 bits per heavy atom. The van der Waals surface area contributed by atoms with Crippen molar-refractivity contribution in [2.45, 2.75) is 0 Å². The van der Waals surface area contributed by atoms with E-state index in [1.807, 2.05) is 72.9 Å². The van der Waals surface area contributed by atoms with Crippen molar-refractivity contribution in [1.82, 2.24) is 9.97 Å². The van der Waals surface area contributed by atoms with Gasteiger partial charge in [-0.3, -0.25) is 9.97 Å². The lowest BCUT2D eigenvalue weighted by molar-refractivity contribution is 0.597. The van der Waals surface area contributed by atoms with Gasteiger partial charge in [0.1, 0.15) is 11.3 Å². The summed E-state index contributed by atoms with van der Waals surface area (Å²) in [5, 5.41) is 1.74. The van der Waals surface area contributed by atoms with Gasteiger partial charge in [0.25, 0.3) is 0 Å². The van der Waals surface area contributed by atoms with Crippen molar-refractivity contribution in [3.8, 4) is 5.75 Å². The number of para-hydroxylation sites is 1. The van der Waals surface area contributed by atoms with Gasteiger partial charge in [0.05, 0.1) is 0 Å². The van der Waals surface area contributed by atoms with Crippen LogP contribution in [0.3, 0.4) is 0 Å². The van der Waals surface area contributed by atoms with Crippen LogP contribution in [0, 0.1) is 0 Å². The Hall–Kier alpha value is -2.85. The summed E-state index contributed by atoms with van der Waals surface area (Å²) in [7, 11) is 0. The van der Waals surface area contributed by atoms with Crippen molar-refractivity contribution in [3.63, 3.8) is 0 Å². The first kappa shape index (κ1) is 15.7. The van der Waals surface area contributed by atoms with Crippen LogP contribution in [-0.4, -0.2) is 16.9 Å². The van der Waals surface area contributed by atoms with Gasteiger partial charge < -0.3 is 4.65 Å². The summed E-state index contributed by atoms with van der Waals surface area (Å²) in [6.45, 7) is -0.293. The SMILES string of the molecule is Clc1ccc(B(Oc2cccc3cccnc23)c2cccnc2)cc1. The van der Waals surface area contributed by atoms with E-state index in [0.29, 0.717) is 5.02 Å². The largest absolute Gasteiger partial charge is 0.550 e. The number of hydrogen-bond acceptors (Lipinski definition) is 3. The second kappa shape index (κ2) is 6.95. The van der Waals surface area contributed by atoms with Crippen LogP contribution in [0.25, 0.3) is 10.9 Å². The van der Waals surface area contributed by atoms with E-state index in [-0.39, 0.29) is 6.92 Å². The minimum Gasteiger partial charge on any atom is -0.550 e. The third-order valence-corrected chi connectivity index (χ3v) is 4.25. The van der Waals surface area contributed by atoms with Gasteiger partial charge in [-0.1, -0.05) is 48.0 Å². The molecule has 0 atom stereocenters. The van der Waals surface area contributed by atoms with E-state index in [1.165, 1.54) is 0 Å². The first-order valence-electron chi connectivity index (χ1n) is 7.97. The molecule has 4 aromatic rings. The van der Waals surface area contributed by atoms with Crippen LogP contribution in [0.2, 0.25) is 5.02 Å². The lowest BCUT2D eigenvalue weighted by Gasteiger charge is -2.17. The molecular weight excluding hydrogens is 330 g/mol. The van der Waals surface area contributed by atoms with Crippen molar-refractivity contribution in [1.29, 1.82) is 0 Å². The zero-order valence-corrected chi connectivity index (χ0v) is 14.1. The van der Waals surface area contributed by atoms with E-state index in [4.69, 9.17) is 16.3 Å². The fourth-order valence-corrected chi connectivity index (χ4v) is 2.92. The standard InChI is InChI=1S/C20H14BClN2O/c22-18-10-8-16(9-11-18)21(17-6-3-12-23-14-17)25-19-7-1-4-15-5-2-13-24-20(15)19/h1-14H. The fourth-order valence-electron chi connectivity index (χ4n) is 2.80. The molecule has 2 aromatic carbocycles. The highest BCUT2D eigenvalue weighted by Crippen LogP contribution is 2.23. The summed E-state index contributed by atoms with van der Waals surface area (Å²) in [4.78, 5) is 8.70. The smallest absolute Gasteiger partial charge is 0.428 e. The maximum Gasteiger partial charge on any atom is 0.428 e. The van der Waals surface area contributed by atoms with Crippen LogP contribution in [0.15, 0.2) is 85.3 Å². The summed E-state index contributed by atoms with van der Waals surface area (Å²) in [6, 6.07) is 21.5. The zero-order chi connectivity index (χ0) is 17.1. The van der Waals surface area contributed by atoms with E-state index in [1.54, 1.807) is 12.4 Å². The minimum atomic E-state index is -0.293. The van der Waals surface area contributed by atoms with Gasteiger partial charge >= 0.3 is 6.92 Å². The predicted molar refractivity (Wildman–Crippen MR) is 103 cm³/mol. The molecule has 0 fully saturated rings. The molecule has 2 heterocycles. The van der Waals surface area contributed by atoms with E-state index in [9.17, 15) is 0 Å². The highest BCUT2D eigenvalue weighted by atomic mass is 35.5. The molecule has 120 valence electrons. The van der Waals surface area contributed by atoms with Gasteiger partial charge in [-0.25, -0.2) is 0 Å². The number of halogens is 1. The summed E-state index contributed by atoms with van der Waals surface area (Å²) in [5.74, 6) is 0.738. The highest BCUT2D eigenvalue weighted by molar-refractivity contribution is 6.80. The lowest BCUT2D eigenvalue weighted by atomic mass is 9.55. The molecule has 0 radical (unpaired) electrons. The first-order valence-corrected chi connectivity index (χ1v) is 8.35. The molecular formula is C20H14BClN2O. The summed E-state index contributed by atoms with van der Waals surface area (Å²) in [5.41, 5.74) is 2.82. The third kappa shape index (κ3) is 3.35. The van der Waals surface area contributed by atoms with Crippen LogP contribution >= 0.6 is 11.6 Å². The third-order valence-electron chi connectivity index (χ3n) is 4.00. The normalized spacial score (nSPS) is 10.6. The average molecular weight is 345 g/mol. The van der Waals surface area contributed by atoms with Crippen LogP contribution in [0.4, 0.5) is 0 Å². The number of aromatic nitrogens is 2. The second-order valence-electron chi connectivity index (χ2n) is 5.67. The Labute approximate surface area is 151 Å².